The number of para-hydroxylation sites is 1. The van der Waals surface area contributed by atoms with Crippen LogP contribution in [-0.4, -0.2) is 247 Å². The van der Waals surface area contributed by atoms with Crippen molar-refractivity contribution in [2.75, 3.05) is 39.4 Å². The van der Waals surface area contributed by atoms with Crippen LogP contribution in [0.4, 0.5) is 0 Å². The zero-order chi connectivity index (χ0) is 86.5. The molecular weight excluding hydrogens is 1530 g/mol. The second kappa shape index (κ2) is 48.1. The Morgan fingerprint density at radius 1 is 0.559 bits per heavy atom. The van der Waals surface area contributed by atoms with Gasteiger partial charge in [-0.2, -0.15) is 0 Å². The Balaban J connectivity index is 1.25. The van der Waals surface area contributed by atoms with Crippen LogP contribution in [0.5, 0.6) is 5.75 Å². The molecule has 118 heavy (non-hydrogen) atoms. The number of aromatic nitrogens is 3. The maximum absolute atomic E-state index is 15.2. The van der Waals surface area contributed by atoms with Crippen molar-refractivity contribution in [3.8, 4) is 5.75 Å². The number of aromatic amines is 2. The van der Waals surface area contributed by atoms with E-state index in [4.69, 9.17) is 22.6 Å². The number of hydrogen-bond acceptors (Lipinski definition) is 21. The highest BCUT2D eigenvalue weighted by Gasteiger charge is 2.41. The number of nitrogens with two attached hydrogens (primary N) is 3. The van der Waals surface area contributed by atoms with Crippen LogP contribution in [-0.2, 0) is 97.6 Å². The molecule has 26 N–H and O–H groups in total. The summed E-state index contributed by atoms with van der Waals surface area (Å²) in [6, 6.07) is 3.00. The fourth-order valence-electron chi connectivity index (χ4n) is 13.1. The van der Waals surface area contributed by atoms with Crippen molar-refractivity contribution in [3.63, 3.8) is 0 Å². The molecule has 5 aromatic rings. The summed E-state index contributed by atoms with van der Waals surface area (Å²) in [6.45, 7) is 3.96. The third kappa shape index (κ3) is 30.6. The molecular formula is C78H111N21O19. The molecule has 0 bridgehead atoms. The van der Waals surface area contributed by atoms with Crippen LogP contribution in [0.25, 0.3) is 10.9 Å². The number of nitrogens with one attached hydrogen (secondary N) is 16. The average Bonchev–Trinajstić information content (AvgIpc) is 1.64. The van der Waals surface area contributed by atoms with Gasteiger partial charge in [0.15, 0.2) is 5.96 Å². The van der Waals surface area contributed by atoms with E-state index in [-0.39, 0.29) is 101 Å². The molecule has 642 valence electrons. The lowest BCUT2D eigenvalue weighted by Gasteiger charge is -2.30. The van der Waals surface area contributed by atoms with Gasteiger partial charge < -0.3 is 122 Å². The molecule has 1 aliphatic heterocycles. The minimum Gasteiger partial charge on any atom is -0.508 e. The zero-order valence-corrected chi connectivity index (χ0v) is 66.3. The number of H-pyrrole nitrogens is 2. The Morgan fingerprint density at radius 2 is 1.07 bits per heavy atom. The van der Waals surface area contributed by atoms with E-state index in [2.05, 4.69) is 84.1 Å². The van der Waals surface area contributed by atoms with E-state index in [1.54, 1.807) is 81.6 Å². The predicted octanol–water partition coefficient (Wildman–Crippen LogP) is -4.10. The van der Waals surface area contributed by atoms with E-state index in [9.17, 15) is 78.0 Å². The fourth-order valence-corrected chi connectivity index (χ4v) is 13.1. The van der Waals surface area contributed by atoms with Gasteiger partial charge in [0.2, 0.25) is 82.7 Å². The van der Waals surface area contributed by atoms with Crippen molar-refractivity contribution < 1.29 is 92.3 Å². The number of nitrogens with zero attached hydrogens (tertiary/aromatic N) is 2. The third-order valence-corrected chi connectivity index (χ3v) is 19.5. The van der Waals surface area contributed by atoms with Crippen molar-refractivity contribution in [2.45, 2.75) is 203 Å². The van der Waals surface area contributed by atoms with Gasteiger partial charge in [0.25, 0.3) is 0 Å². The quantitative estimate of drug-likeness (QED) is 0.01000. The lowest BCUT2D eigenvalue weighted by Crippen LogP contribution is -2.61. The van der Waals surface area contributed by atoms with Crippen molar-refractivity contribution in [1.29, 1.82) is 5.41 Å². The number of hydrogen-bond donors (Lipinski definition) is 23. The third-order valence-electron chi connectivity index (χ3n) is 19.5. The van der Waals surface area contributed by atoms with Crippen LogP contribution >= 0.6 is 0 Å². The van der Waals surface area contributed by atoms with Gasteiger partial charge in [0.05, 0.1) is 26.1 Å². The van der Waals surface area contributed by atoms with Crippen LogP contribution in [0.15, 0.2) is 97.6 Å². The number of carbonyl (C=O) groups is 15. The molecule has 2 aromatic heterocycles. The number of phenolic OH excluding ortho intramolecular Hbond substituents is 1. The Labute approximate surface area is 680 Å². The largest absolute Gasteiger partial charge is 0.508 e. The number of likely N-dealkylation sites (tertiary alicyclic amines) is 1. The second-order valence-electron chi connectivity index (χ2n) is 29.0. The first kappa shape index (κ1) is 94.3. The molecule has 14 amide bonds. The number of fused-ring (bicyclic) bond motifs is 1. The van der Waals surface area contributed by atoms with Crippen LogP contribution in [0.1, 0.15) is 127 Å². The van der Waals surface area contributed by atoms with E-state index in [0.717, 1.165) is 6.92 Å². The summed E-state index contributed by atoms with van der Waals surface area (Å²) < 4.78 is 0. The molecule has 1 saturated heterocycles. The molecule has 1 fully saturated rings. The first-order valence-corrected chi connectivity index (χ1v) is 39.1. The highest BCUT2D eigenvalue weighted by atomic mass is 16.4. The first-order valence-electron chi connectivity index (χ1n) is 39.1. The molecule has 6 rings (SSSR count). The zero-order valence-electron chi connectivity index (χ0n) is 66.3. The van der Waals surface area contributed by atoms with Gasteiger partial charge in [-0.1, -0.05) is 94.3 Å². The van der Waals surface area contributed by atoms with Gasteiger partial charge in [-0.15, -0.1) is 0 Å². The molecule has 0 spiro atoms. The number of imidazole rings is 1. The van der Waals surface area contributed by atoms with Crippen molar-refractivity contribution in [1.82, 2.24) is 89.0 Å². The minimum atomic E-state index is -1.83. The number of benzene rings is 3. The Bertz CT molecular complexity index is 4240. The Kier molecular flexibility index (Phi) is 38.4. The smallest absolute Gasteiger partial charge is 0.303 e. The molecule has 12 atom stereocenters. The summed E-state index contributed by atoms with van der Waals surface area (Å²) in [7, 11) is 0. The average molecular weight is 1650 g/mol. The predicted molar refractivity (Wildman–Crippen MR) is 428 cm³/mol. The van der Waals surface area contributed by atoms with Gasteiger partial charge in [-0.25, -0.2) is 4.98 Å². The van der Waals surface area contributed by atoms with Gasteiger partial charge in [0, 0.05) is 81.1 Å². The van der Waals surface area contributed by atoms with E-state index in [1.807, 2.05) is 0 Å². The summed E-state index contributed by atoms with van der Waals surface area (Å²) in [4.78, 5) is 220. The lowest BCUT2D eigenvalue weighted by atomic mass is 10.0. The summed E-state index contributed by atoms with van der Waals surface area (Å²) >= 11 is 0. The van der Waals surface area contributed by atoms with Crippen LogP contribution in [0.3, 0.4) is 0 Å². The number of unbranched alkanes of at least 4 members (excludes halogenated alkanes) is 2. The number of phenols is 1. The number of carboxylic acids is 1. The highest BCUT2D eigenvalue weighted by molar-refractivity contribution is 6.00. The van der Waals surface area contributed by atoms with E-state index in [0.29, 0.717) is 53.3 Å². The van der Waals surface area contributed by atoms with Crippen molar-refractivity contribution >= 4 is 106 Å². The normalized spacial score (nSPS) is 15.2. The molecule has 0 saturated carbocycles. The van der Waals surface area contributed by atoms with Crippen molar-refractivity contribution in [2.24, 2.45) is 23.1 Å². The molecule has 3 heterocycles. The van der Waals surface area contributed by atoms with Gasteiger partial charge in [-0.05, 0) is 105 Å². The van der Waals surface area contributed by atoms with E-state index < -0.39 is 200 Å². The summed E-state index contributed by atoms with van der Waals surface area (Å²) in [5, 5.41) is 81.9. The molecule has 0 unspecified atom stereocenters. The number of guanidine groups is 1. The number of carboxylic acid groups (broad SMARTS) is 1. The van der Waals surface area contributed by atoms with E-state index in [1.165, 1.54) is 41.7 Å². The van der Waals surface area contributed by atoms with Crippen LogP contribution in [0, 0.1) is 11.3 Å². The summed E-state index contributed by atoms with van der Waals surface area (Å²) in [5.74, 6) is -15.1. The number of aliphatic hydroxyl groups excluding tert-OH is 2. The van der Waals surface area contributed by atoms with Gasteiger partial charge in [0.1, 0.15) is 78.3 Å². The topological polar surface area (TPSA) is 643 Å². The van der Waals surface area contributed by atoms with Gasteiger partial charge in [-0.3, -0.25) is 77.3 Å². The Hall–Kier alpha value is -12.6. The molecule has 3 aromatic carbocycles. The Morgan fingerprint density at radius 3 is 1.60 bits per heavy atom. The second-order valence-corrected chi connectivity index (χ2v) is 29.0. The van der Waals surface area contributed by atoms with Crippen LogP contribution in [0.2, 0.25) is 0 Å². The summed E-state index contributed by atoms with van der Waals surface area (Å²) in [5.41, 5.74) is 19.3. The minimum absolute atomic E-state index is 0.00399. The number of primary amides is 1. The molecule has 40 nitrogen and oxygen atoms in total. The number of carbonyl (C=O) groups excluding carboxylic acids is 14. The van der Waals surface area contributed by atoms with E-state index >= 15 is 14.4 Å². The first-order chi connectivity index (χ1) is 56.3. The number of aromatic hydroxyl groups is 1. The van der Waals surface area contributed by atoms with Gasteiger partial charge >= 0.3 is 5.97 Å². The number of rotatable bonds is 50. The maximum atomic E-state index is 15.2. The molecule has 40 heteroatoms. The standard InChI is InChI=1S/C78H111N21O19/c1-5-6-19-52(91-75(116)61(41-101)97-72(113)57(34-46-24-26-49(103)27-25-46)94-74(115)60(40-100)88-44(4)102)68(109)92-54(28-29-64(105)106)70(111)96-59(36-48-38-83-42-87-48)73(114)93-56(33-45-16-8-7-9-17-45)71(112)90-53(22-14-31-84-78(81)82)69(110)95-58(35-47-37-85-51-20-11-10-18-50(47)51)67(108)86-39-63(104)89-55(21-12-13-30-79)77(118)99-32-15-23-62(99)76(117)98-65(43(2)3)66(80)107/h7-11,16-18,20,24-27,37-38,42-43,52-62,65,85,100-101,103H,5-6,12-15,19,21-23,28-36,39-41,79H2,1-4H3,(H2,80,107)(H,83,87)(H,86,108)(H,88,102)(H,89,104)(H,90,112)(H,91,116)(H,92,109)(H,93,114)(H,94,115)(H,95,110)(H,96,111)(H,97,113)(H,98,117)(H,105,106)(H4,81,82,84)/t52-,53+,54+,55+,56-,57+,58+,59+,60+,61+,62+,65+/m1/s1. The lowest BCUT2D eigenvalue weighted by molar-refractivity contribution is -0.142. The van der Waals surface area contributed by atoms with Crippen molar-refractivity contribution in [3.05, 3.63) is 120 Å². The highest BCUT2D eigenvalue weighted by Crippen LogP contribution is 2.23. The number of aliphatic hydroxyl groups is 2. The maximum Gasteiger partial charge on any atom is 0.303 e. The SMILES string of the molecule is CCCC[C@@H](NC(=O)[C@H](CO)NC(=O)[C@H](Cc1ccc(O)cc1)NC(=O)[C@H](CO)NC(C)=O)C(=O)N[C@@H](CCC(=O)O)C(=O)N[C@@H](Cc1cnc[nH]1)C(=O)N[C@H](Cc1ccccc1)C(=O)N[C@@H](CCCNC(=N)N)C(=O)N[C@@H](Cc1c[nH]c2ccccc12)C(=O)NCC(=O)N[C@@H](CCCCN)C(=O)N1CCC[C@H]1C(=O)N[C@H](C(N)=O)C(C)C. The number of aliphatic carboxylic acids is 1. The van der Waals surface area contributed by atoms with Crippen LogP contribution < -0.4 is 86.3 Å². The molecule has 0 radical (unpaired) electrons. The summed E-state index contributed by atoms with van der Waals surface area (Å²) in [6.07, 6.45) is 3.71. The monoisotopic (exact) mass is 1650 g/mol. The molecule has 0 aliphatic carbocycles. The fraction of sp³-hybridized carbons (Fsp3) is 0.500. The molecule has 1 aliphatic rings. The number of amides is 14.